The maximum atomic E-state index is 12.3. The summed E-state index contributed by atoms with van der Waals surface area (Å²) < 4.78 is 4.69. The number of benzene rings is 2. The van der Waals surface area contributed by atoms with E-state index in [1.54, 1.807) is 48.5 Å². The van der Waals surface area contributed by atoms with Crippen LogP contribution in [0.5, 0.6) is 0 Å². The molecule has 31 heavy (non-hydrogen) atoms. The van der Waals surface area contributed by atoms with E-state index in [0.29, 0.717) is 26.9 Å². The van der Waals surface area contributed by atoms with Crippen LogP contribution >= 0.6 is 23.4 Å². The summed E-state index contributed by atoms with van der Waals surface area (Å²) in [6.45, 7) is 0. The zero-order chi connectivity index (χ0) is 22.4. The molecule has 7 nitrogen and oxygen atoms in total. The summed E-state index contributed by atoms with van der Waals surface area (Å²) in [5, 5.41) is 15.9. The van der Waals surface area contributed by atoms with Gasteiger partial charge in [0.15, 0.2) is 0 Å². The minimum Gasteiger partial charge on any atom is -0.465 e. The van der Waals surface area contributed by atoms with E-state index in [0.717, 1.165) is 17.3 Å². The molecular weight excluding hydrogens is 438 g/mol. The van der Waals surface area contributed by atoms with Crippen LogP contribution < -0.4 is 10.6 Å². The van der Waals surface area contributed by atoms with Gasteiger partial charge in [0.25, 0.3) is 0 Å². The lowest BCUT2D eigenvalue weighted by Gasteiger charge is -2.25. The van der Waals surface area contributed by atoms with E-state index in [-0.39, 0.29) is 24.0 Å². The predicted molar refractivity (Wildman–Crippen MR) is 118 cm³/mol. The molecule has 2 aromatic carbocycles. The number of nitrogens with one attached hydrogen (secondary N) is 2. The normalized spacial score (nSPS) is 15.6. The molecule has 158 valence electrons. The van der Waals surface area contributed by atoms with Crippen LogP contribution in [0.4, 0.5) is 5.69 Å². The Kier molecular flexibility index (Phi) is 7.34. The van der Waals surface area contributed by atoms with Crippen LogP contribution in [0.1, 0.15) is 28.3 Å². The Bertz CT molecular complexity index is 1090. The third-order valence-electron chi connectivity index (χ3n) is 4.59. The molecule has 0 spiro atoms. The van der Waals surface area contributed by atoms with Gasteiger partial charge in [-0.05, 0) is 29.8 Å². The third-order valence-corrected chi connectivity index (χ3v) is 5.93. The van der Waals surface area contributed by atoms with Crippen molar-refractivity contribution >= 4 is 46.8 Å². The van der Waals surface area contributed by atoms with Crippen LogP contribution in [-0.2, 0) is 14.3 Å². The fourth-order valence-corrected chi connectivity index (χ4v) is 4.13. The van der Waals surface area contributed by atoms with E-state index in [2.05, 4.69) is 21.4 Å². The highest BCUT2D eigenvalue weighted by Crippen LogP contribution is 2.36. The number of para-hydroxylation sites is 1. The lowest BCUT2D eigenvalue weighted by Crippen LogP contribution is -2.31. The first kappa shape index (κ1) is 22.4. The number of carbonyl (C=O) groups excluding carboxylic acids is 3. The van der Waals surface area contributed by atoms with Crippen LogP contribution in [0.15, 0.2) is 59.1 Å². The Balaban J connectivity index is 1.76. The van der Waals surface area contributed by atoms with Crippen LogP contribution in [-0.4, -0.2) is 30.6 Å². The molecule has 2 aromatic rings. The summed E-state index contributed by atoms with van der Waals surface area (Å²) in [5.41, 5.74) is 1.94. The molecule has 0 radical (unpaired) electrons. The van der Waals surface area contributed by atoms with E-state index in [1.165, 1.54) is 7.11 Å². The first-order valence-corrected chi connectivity index (χ1v) is 10.6. The molecule has 1 aliphatic rings. The molecule has 0 saturated heterocycles. The van der Waals surface area contributed by atoms with Gasteiger partial charge in [-0.15, -0.1) is 0 Å². The standard InChI is InChI=1S/C22H18ClN3O4S/c1-30-22(29)14-8-6-13(7-9-14)15-10-19(27)26-21(16(15)11-24)31-12-20(28)25-18-5-3-2-4-17(18)23/h2-9,15H,10,12H2,1H3,(H,25,28)(H,26,27)/t15-/m0/s1. The Morgan fingerprint density at radius 3 is 2.61 bits per heavy atom. The van der Waals surface area contributed by atoms with Gasteiger partial charge in [-0.2, -0.15) is 5.26 Å². The van der Waals surface area contributed by atoms with Crippen molar-refractivity contribution in [3.63, 3.8) is 0 Å². The molecule has 0 fully saturated rings. The predicted octanol–water partition coefficient (Wildman–Crippen LogP) is 3.84. The Hall–Kier alpha value is -3.28. The minimum atomic E-state index is -0.473. The summed E-state index contributed by atoms with van der Waals surface area (Å²) in [6, 6.07) is 15.6. The van der Waals surface area contributed by atoms with Gasteiger partial charge in [-0.25, -0.2) is 4.79 Å². The number of esters is 1. The van der Waals surface area contributed by atoms with Crippen LogP contribution in [0.2, 0.25) is 5.02 Å². The van der Waals surface area contributed by atoms with Gasteiger partial charge >= 0.3 is 5.97 Å². The van der Waals surface area contributed by atoms with Crippen molar-refractivity contribution in [1.82, 2.24) is 5.32 Å². The lowest BCUT2D eigenvalue weighted by atomic mass is 9.87. The number of nitriles is 1. The number of hydrogen-bond acceptors (Lipinski definition) is 6. The maximum absolute atomic E-state index is 12.3. The average Bonchev–Trinajstić information content (AvgIpc) is 2.78. The highest BCUT2D eigenvalue weighted by Gasteiger charge is 2.30. The molecule has 0 aromatic heterocycles. The van der Waals surface area contributed by atoms with Crippen LogP contribution in [0, 0.1) is 11.3 Å². The van der Waals surface area contributed by atoms with Gasteiger partial charge in [0.2, 0.25) is 11.8 Å². The summed E-state index contributed by atoms with van der Waals surface area (Å²) in [7, 11) is 1.30. The number of amides is 2. The number of rotatable bonds is 6. The first-order chi connectivity index (χ1) is 14.9. The van der Waals surface area contributed by atoms with Crippen molar-refractivity contribution in [3.8, 4) is 6.07 Å². The van der Waals surface area contributed by atoms with Gasteiger partial charge in [0.05, 0.1) is 45.8 Å². The topological polar surface area (TPSA) is 108 Å². The number of methoxy groups -OCH3 is 1. The zero-order valence-corrected chi connectivity index (χ0v) is 18.0. The molecule has 0 aliphatic carbocycles. The summed E-state index contributed by atoms with van der Waals surface area (Å²) >= 11 is 7.12. The number of carbonyl (C=O) groups is 3. The molecule has 3 rings (SSSR count). The SMILES string of the molecule is COC(=O)c1ccc([C@@H]2CC(=O)NC(SCC(=O)Nc3ccccc3Cl)=C2C#N)cc1. The fourth-order valence-electron chi connectivity index (χ4n) is 3.07. The molecule has 0 unspecified atom stereocenters. The second-order valence-electron chi connectivity index (χ2n) is 6.59. The van der Waals surface area contributed by atoms with Gasteiger partial charge in [-0.3, -0.25) is 9.59 Å². The Labute approximate surface area is 188 Å². The molecule has 1 atom stereocenters. The summed E-state index contributed by atoms with van der Waals surface area (Å²) in [4.78, 5) is 36.2. The number of nitrogens with zero attached hydrogens (tertiary/aromatic N) is 1. The lowest BCUT2D eigenvalue weighted by molar-refractivity contribution is -0.121. The smallest absolute Gasteiger partial charge is 0.337 e. The van der Waals surface area contributed by atoms with E-state index < -0.39 is 11.9 Å². The molecular formula is C22H18ClN3O4S. The molecule has 0 bridgehead atoms. The zero-order valence-electron chi connectivity index (χ0n) is 16.5. The molecule has 1 heterocycles. The Morgan fingerprint density at radius 1 is 1.26 bits per heavy atom. The number of allylic oxidation sites excluding steroid dienone is 1. The second-order valence-corrected chi connectivity index (χ2v) is 7.98. The fraction of sp³-hybridized carbons (Fsp3) is 0.182. The van der Waals surface area contributed by atoms with Gasteiger partial charge < -0.3 is 15.4 Å². The maximum Gasteiger partial charge on any atom is 0.337 e. The van der Waals surface area contributed by atoms with Crippen molar-refractivity contribution in [2.75, 3.05) is 18.2 Å². The summed E-state index contributed by atoms with van der Waals surface area (Å²) in [6.07, 6.45) is 0.0936. The number of thioether (sulfide) groups is 1. The molecule has 9 heteroatoms. The highest BCUT2D eigenvalue weighted by molar-refractivity contribution is 8.03. The number of halogens is 1. The molecule has 1 aliphatic heterocycles. The molecule has 2 N–H and O–H groups in total. The number of hydrogen-bond donors (Lipinski definition) is 2. The van der Waals surface area contributed by atoms with Crippen molar-refractivity contribution < 1.29 is 19.1 Å². The molecule has 0 saturated carbocycles. The second kappa shape index (κ2) is 10.2. The van der Waals surface area contributed by atoms with Crippen molar-refractivity contribution in [2.24, 2.45) is 0 Å². The van der Waals surface area contributed by atoms with Crippen LogP contribution in [0.25, 0.3) is 0 Å². The van der Waals surface area contributed by atoms with Gasteiger partial charge in [-0.1, -0.05) is 47.6 Å². The number of ether oxygens (including phenoxy) is 1. The third kappa shape index (κ3) is 5.45. The largest absolute Gasteiger partial charge is 0.465 e. The monoisotopic (exact) mass is 455 g/mol. The average molecular weight is 456 g/mol. The van der Waals surface area contributed by atoms with E-state index in [9.17, 15) is 19.6 Å². The quantitative estimate of drug-likeness (QED) is 0.640. The van der Waals surface area contributed by atoms with Gasteiger partial charge in [0, 0.05) is 12.3 Å². The van der Waals surface area contributed by atoms with Crippen molar-refractivity contribution in [2.45, 2.75) is 12.3 Å². The van der Waals surface area contributed by atoms with Gasteiger partial charge in [0.1, 0.15) is 0 Å². The van der Waals surface area contributed by atoms with Crippen molar-refractivity contribution in [1.29, 1.82) is 5.26 Å². The molecule has 2 amide bonds. The van der Waals surface area contributed by atoms with E-state index in [4.69, 9.17) is 11.6 Å². The van der Waals surface area contributed by atoms with E-state index in [1.807, 2.05) is 0 Å². The highest BCUT2D eigenvalue weighted by atomic mass is 35.5. The first-order valence-electron chi connectivity index (χ1n) is 9.22. The Morgan fingerprint density at radius 2 is 1.97 bits per heavy atom. The number of anilines is 1. The van der Waals surface area contributed by atoms with Crippen LogP contribution in [0.3, 0.4) is 0 Å². The van der Waals surface area contributed by atoms with Crippen molar-refractivity contribution in [3.05, 3.63) is 75.3 Å². The van der Waals surface area contributed by atoms with E-state index >= 15 is 0 Å². The summed E-state index contributed by atoms with van der Waals surface area (Å²) in [5.74, 6) is -1.53. The minimum absolute atomic E-state index is 0.0139.